The predicted molar refractivity (Wildman–Crippen MR) is 90.7 cm³/mol. The molecule has 0 spiro atoms. The molecular weight excluding hydrogens is 354 g/mol. The van der Waals surface area contributed by atoms with Gasteiger partial charge in [0.15, 0.2) is 11.5 Å². The van der Waals surface area contributed by atoms with Gasteiger partial charge in [-0.3, -0.25) is 4.99 Å². The average Bonchev–Trinajstić information content (AvgIpc) is 2.47. The quantitative estimate of drug-likeness (QED) is 0.696. The molecule has 0 fully saturated rings. The maximum absolute atomic E-state index is 6.09. The number of benzene rings is 2. The molecule has 0 aliphatic rings. The number of hydrogen-bond acceptors (Lipinski definition) is 3. The fraction of sp³-hybridized carbons (Fsp3) is 0.188. The first-order valence-electron chi connectivity index (χ1n) is 6.27. The summed E-state index contributed by atoms with van der Waals surface area (Å²) in [5.74, 6) is 1.31. The predicted octanol–water partition coefficient (Wildman–Crippen LogP) is 5.18. The van der Waals surface area contributed by atoms with Gasteiger partial charge in [0.1, 0.15) is 0 Å². The molecule has 3 nitrogen and oxygen atoms in total. The second-order valence-electron chi connectivity index (χ2n) is 4.43. The summed E-state index contributed by atoms with van der Waals surface area (Å²) in [6.45, 7) is 1.96. The average molecular weight is 369 g/mol. The Morgan fingerprint density at radius 3 is 2.52 bits per heavy atom. The van der Waals surface area contributed by atoms with Crippen LogP contribution in [0.2, 0.25) is 5.02 Å². The van der Waals surface area contributed by atoms with Crippen molar-refractivity contribution in [3.05, 3.63) is 51.0 Å². The van der Waals surface area contributed by atoms with Gasteiger partial charge in [-0.15, -0.1) is 0 Å². The molecule has 0 atom stereocenters. The summed E-state index contributed by atoms with van der Waals surface area (Å²) in [5, 5.41) is 0.707. The third-order valence-corrected chi connectivity index (χ3v) is 3.97. The molecule has 0 radical (unpaired) electrons. The summed E-state index contributed by atoms with van der Waals surface area (Å²) in [6, 6.07) is 9.49. The minimum atomic E-state index is 0.648. The molecule has 0 aromatic heterocycles. The molecule has 0 unspecified atom stereocenters. The van der Waals surface area contributed by atoms with Gasteiger partial charge >= 0.3 is 0 Å². The SMILES string of the molecule is COc1cc(C=Nc2ccc(C)c(Cl)c2)cc(Br)c1OC. The number of nitrogens with zero attached hydrogens (tertiary/aromatic N) is 1. The highest BCUT2D eigenvalue weighted by Gasteiger charge is 2.09. The van der Waals surface area contributed by atoms with Gasteiger partial charge in [-0.1, -0.05) is 17.7 Å². The van der Waals surface area contributed by atoms with Gasteiger partial charge in [-0.2, -0.15) is 0 Å². The lowest BCUT2D eigenvalue weighted by Gasteiger charge is -2.10. The van der Waals surface area contributed by atoms with Gasteiger partial charge in [0.05, 0.1) is 24.4 Å². The normalized spacial score (nSPS) is 10.9. The molecule has 0 N–H and O–H groups in total. The van der Waals surface area contributed by atoms with Crippen molar-refractivity contribution in [2.45, 2.75) is 6.92 Å². The van der Waals surface area contributed by atoms with E-state index in [9.17, 15) is 0 Å². The molecule has 0 bridgehead atoms. The van der Waals surface area contributed by atoms with E-state index in [1.54, 1.807) is 20.4 Å². The van der Waals surface area contributed by atoms with E-state index in [0.29, 0.717) is 16.5 Å². The summed E-state index contributed by atoms with van der Waals surface area (Å²) >= 11 is 9.55. The van der Waals surface area contributed by atoms with E-state index in [4.69, 9.17) is 21.1 Å². The van der Waals surface area contributed by atoms with Crippen molar-refractivity contribution in [1.82, 2.24) is 0 Å². The van der Waals surface area contributed by atoms with Gasteiger partial charge in [-0.25, -0.2) is 0 Å². The van der Waals surface area contributed by atoms with Crippen molar-refractivity contribution in [3.63, 3.8) is 0 Å². The second-order valence-corrected chi connectivity index (χ2v) is 5.69. The van der Waals surface area contributed by atoms with Crippen molar-refractivity contribution >= 4 is 39.4 Å². The molecule has 0 saturated heterocycles. The van der Waals surface area contributed by atoms with Crippen molar-refractivity contribution in [2.75, 3.05) is 14.2 Å². The third kappa shape index (κ3) is 3.77. The van der Waals surface area contributed by atoms with Crippen LogP contribution in [-0.4, -0.2) is 20.4 Å². The van der Waals surface area contributed by atoms with Crippen molar-refractivity contribution < 1.29 is 9.47 Å². The highest BCUT2D eigenvalue weighted by Crippen LogP contribution is 2.36. The van der Waals surface area contributed by atoms with Crippen LogP contribution in [0.4, 0.5) is 5.69 Å². The molecule has 0 heterocycles. The van der Waals surface area contributed by atoms with E-state index >= 15 is 0 Å². The Bertz CT molecular complexity index is 686. The lowest BCUT2D eigenvalue weighted by atomic mass is 10.2. The van der Waals surface area contributed by atoms with Crippen molar-refractivity contribution in [3.8, 4) is 11.5 Å². The lowest BCUT2D eigenvalue weighted by Crippen LogP contribution is -1.93. The fourth-order valence-electron chi connectivity index (χ4n) is 1.82. The van der Waals surface area contributed by atoms with Crippen LogP contribution >= 0.6 is 27.5 Å². The van der Waals surface area contributed by atoms with Crippen LogP contribution in [-0.2, 0) is 0 Å². The maximum Gasteiger partial charge on any atom is 0.174 e. The van der Waals surface area contributed by atoms with E-state index in [1.165, 1.54) is 0 Å². The summed E-state index contributed by atoms with van der Waals surface area (Å²) in [7, 11) is 3.20. The minimum Gasteiger partial charge on any atom is -0.493 e. The van der Waals surface area contributed by atoms with Gasteiger partial charge in [0.25, 0.3) is 0 Å². The highest BCUT2D eigenvalue weighted by molar-refractivity contribution is 9.10. The van der Waals surface area contributed by atoms with Gasteiger partial charge in [0.2, 0.25) is 0 Å². The van der Waals surface area contributed by atoms with Crippen LogP contribution in [0.5, 0.6) is 11.5 Å². The largest absolute Gasteiger partial charge is 0.493 e. The van der Waals surface area contributed by atoms with E-state index in [0.717, 1.165) is 21.3 Å². The zero-order valence-corrected chi connectivity index (χ0v) is 14.3. The van der Waals surface area contributed by atoms with Crippen molar-refractivity contribution in [2.24, 2.45) is 4.99 Å². The molecular formula is C16H15BrClNO2. The number of rotatable bonds is 4. The standard InChI is InChI=1S/C16H15BrClNO2/c1-10-4-5-12(8-14(10)18)19-9-11-6-13(17)16(21-3)15(7-11)20-2/h4-9H,1-3H3. The first-order valence-corrected chi connectivity index (χ1v) is 7.44. The Kier molecular flexibility index (Phi) is 5.26. The van der Waals surface area contributed by atoms with Gasteiger partial charge in [0, 0.05) is 11.2 Å². The third-order valence-electron chi connectivity index (χ3n) is 2.97. The monoisotopic (exact) mass is 367 g/mol. The fourth-order valence-corrected chi connectivity index (χ4v) is 2.62. The molecule has 0 saturated carbocycles. The number of halogens is 2. The van der Waals surface area contributed by atoms with E-state index in [-0.39, 0.29) is 0 Å². The molecule has 0 aliphatic heterocycles. The first kappa shape index (κ1) is 15.9. The minimum absolute atomic E-state index is 0.648. The van der Waals surface area contributed by atoms with Crippen LogP contribution in [0.25, 0.3) is 0 Å². The number of aliphatic imine (C=N–C) groups is 1. The summed E-state index contributed by atoms with van der Waals surface area (Å²) in [6.07, 6.45) is 1.76. The topological polar surface area (TPSA) is 30.8 Å². The van der Waals surface area contributed by atoms with Crippen LogP contribution in [0, 0.1) is 6.92 Å². The van der Waals surface area contributed by atoms with E-state index in [2.05, 4.69) is 20.9 Å². The van der Waals surface area contributed by atoms with E-state index in [1.807, 2.05) is 37.3 Å². The zero-order valence-electron chi connectivity index (χ0n) is 12.0. The zero-order chi connectivity index (χ0) is 15.4. The molecule has 110 valence electrons. The van der Waals surface area contributed by atoms with Crippen LogP contribution in [0.15, 0.2) is 39.8 Å². The first-order chi connectivity index (χ1) is 10.0. The molecule has 5 heteroatoms. The van der Waals surface area contributed by atoms with Gasteiger partial charge < -0.3 is 9.47 Å². The Hall–Kier alpha value is -1.52. The summed E-state index contributed by atoms with van der Waals surface area (Å²) in [4.78, 5) is 4.42. The number of aryl methyl sites for hydroxylation is 1. The molecule has 2 aromatic carbocycles. The van der Waals surface area contributed by atoms with E-state index < -0.39 is 0 Å². The second kappa shape index (κ2) is 6.96. The van der Waals surface area contributed by atoms with Crippen LogP contribution in [0.1, 0.15) is 11.1 Å². The Labute approximate surface area is 137 Å². The smallest absolute Gasteiger partial charge is 0.174 e. The van der Waals surface area contributed by atoms with Crippen molar-refractivity contribution in [1.29, 1.82) is 0 Å². The Morgan fingerprint density at radius 2 is 1.90 bits per heavy atom. The Balaban J connectivity index is 2.32. The summed E-state index contributed by atoms with van der Waals surface area (Å²) in [5.41, 5.74) is 2.73. The number of ether oxygens (including phenoxy) is 2. The highest BCUT2D eigenvalue weighted by atomic mass is 79.9. The molecule has 0 aliphatic carbocycles. The number of hydrogen-bond donors (Lipinski definition) is 0. The summed E-state index contributed by atoms with van der Waals surface area (Å²) < 4.78 is 11.4. The maximum atomic E-state index is 6.09. The van der Waals surface area contributed by atoms with Gasteiger partial charge in [-0.05, 0) is 58.2 Å². The van der Waals surface area contributed by atoms with Crippen LogP contribution in [0.3, 0.4) is 0 Å². The lowest BCUT2D eigenvalue weighted by molar-refractivity contribution is 0.353. The molecule has 2 aromatic rings. The molecule has 21 heavy (non-hydrogen) atoms. The number of methoxy groups -OCH3 is 2. The molecule has 2 rings (SSSR count). The molecule has 0 amide bonds. The van der Waals surface area contributed by atoms with Crippen LogP contribution < -0.4 is 9.47 Å². The Morgan fingerprint density at radius 1 is 1.14 bits per heavy atom.